The van der Waals surface area contributed by atoms with Gasteiger partial charge in [-0.05, 0) is 46.3 Å². The Bertz CT molecular complexity index is 3090. The molecular weight excluding hydrogens is 665 g/mol. The Morgan fingerprint density at radius 3 is 2.11 bits per heavy atom. The van der Waals surface area contributed by atoms with E-state index in [2.05, 4.69) is 179 Å². The minimum Gasteiger partial charge on any atom is -0.308 e. The molecule has 248 valence electrons. The molecule has 53 heavy (non-hydrogen) atoms. The zero-order chi connectivity index (χ0) is 34.6. The summed E-state index contributed by atoms with van der Waals surface area (Å²) in [4.78, 5) is 13.5. The zero-order valence-electron chi connectivity index (χ0n) is 28.5. The van der Waals surface area contributed by atoms with Crippen LogP contribution in [-0.4, -0.2) is 14.5 Å². The van der Waals surface area contributed by atoms with Crippen molar-refractivity contribution in [2.45, 2.75) is 12.0 Å². The molecule has 2 aliphatic rings. The number of thiophene rings is 1. The SMILES string of the molecule is c1ccc(-c2nc(N3c4ccccc4C4c5c(n(-c6ccccc6)c6c5ccc5ccccc56)-c5ccccc5C43)nc3c2sc2ccccc23)cc1. The highest BCUT2D eigenvalue weighted by atomic mass is 32.1. The molecule has 0 spiro atoms. The summed E-state index contributed by atoms with van der Waals surface area (Å²) in [6, 6.07) is 61.5. The minimum absolute atomic E-state index is 0.0448. The summed E-state index contributed by atoms with van der Waals surface area (Å²) in [5.41, 5.74) is 13.1. The van der Waals surface area contributed by atoms with Crippen molar-refractivity contribution in [2.24, 2.45) is 0 Å². The van der Waals surface area contributed by atoms with E-state index < -0.39 is 0 Å². The predicted molar refractivity (Wildman–Crippen MR) is 220 cm³/mol. The molecule has 0 fully saturated rings. The molecule has 10 aromatic rings. The van der Waals surface area contributed by atoms with Crippen molar-refractivity contribution in [1.82, 2.24) is 14.5 Å². The van der Waals surface area contributed by atoms with Crippen molar-refractivity contribution in [3.8, 4) is 28.2 Å². The molecule has 4 heterocycles. The Balaban J connectivity index is 1.20. The van der Waals surface area contributed by atoms with Crippen LogP contribution in [-0.2, 0) is 0 Å². The van der Waals surface area contributed by atoms with Crippen LogP contribution in [0.2, 0.25) is 0 Å². The van der Waals surface area contributed by atoms with Crippen molar-refractivity contribution >= 4 is 65.0 Å². The third kappa shape index (κ3) is 4.00. The van der Waals surface area contributed by atoms with E-state index in [1.807, 2.05) is 0 Å². The first-order valence-electron chi connectivity index (χ1n) is 18.2. The van der Waals surface area contributed by atoms with Gasteiger partial charge in [-0.25, -0.2) is 9.97 Å². The standard InChI is InChI=1S/C48H30N4S/c1-3-16-30(17-4-1)42-47-43(36-24-12-14-26-39(36)53-47)50-48(49-42)52-38-25-13-11-23-35(38)40-41-37-28-27-29-15-7-8-20-32(29)44(37)51(31-18-5-2-6-19-31)45(41)33-21-9-10-22-34(33)46(40)52/h1-28,40,46H. The summed E-state index contributed by atoms with van der Waals surface area (Å²) in [5.74, 6) is 0.777. The van der Waals surface area contributed by atoms with Crippen molar-refractivity contribution in [2.75, 3.05) is 4.90 Å². The van der Waals surface area contributed by atoms with E-state index in [0.29, 0.717) is 0 Å². The third-order valence-corrected chi connectivity index (χ3v) is 12.5. The number of para-hydroxylation sites is 2. The van der Waals surface area contributed by atoms with E-state index in [9.17, 15) is 0 Å². The lowest BCUT2D eigenvalue weighted by molar-refractivity contribution is 0.642. The zero-order valence-corrected chi connectivity index (χ0v) is 29.3. The highest BCUT2D eigenvalue weighted by molar-refractivity contribution is 7.26. The van der Waals surface area contributed by atoms with Crippen molar-refractivity contribution in [3.05, 3.63) is 187 Å². The number of aromatic nitrogens is 3. The Morgan fingerprint density at radius 2 is 1.25 bits per heavy atom. The first-order chi connectivity index (χ1) is 26.3. The van der Waals surface area contributed by atoms with E-state index >= 15 is 0 Å². The van der Waals surface area contributed by atoms with Gasteiger partial charge < -0.3 is 9.47 Å². The summed E-state index contributed by atoms with van der Waals surface area (Å²) in [7, 11) is 0. The number of anilines is 2. The summed E-state index contributed by atoms with van der Waals surface area (Å²) in [6.45, 7) is 0. The average Bonchev–Trinajstić information content (AvgIpc) is 3.90. The molecular formula is C48H30N4S. The molecule has 4 nitrogen and oxygen atoms in total. The van der Waals surface area contributed by atoms with E-state index in [4.69, 9.17) is 9.97 Å². The lowest BCUT2D eigenvalue weighted by Crippen LogP contribution is -2.27. The van der Waals surface area contributed by atoms with Gasteiger partial charge in [0.1, 0.15) is 0 Å². The first kappa shape index (κ1) is 29.1. The van der Waals surface area contributed by atoms with Crippen LogP contribution in [0.1, 0.15) is 28.7 Å². The highest BCUT2D eigenvalue weighted by Gasteiger charge is 2.49. The molecule has 5 heteroatoms. The molecule has 0 radical (unpaired) electrons. The van der Waals surface area contributed by atoms with Gasteiger partial charge >= 0.3 is 0 Å². The number of benzene rings is 7. The summed E-state index contributed by atoms with van der Waals surface area (Å²) >= 11 is 1.78. The Labute approximate surface area is 309 Å². The van der Waals surface area contributed by atoms with E-state index in [-0.39, 0.29) is 12.0 Å². The van der Waals surface area contributed by atoms with Crippen LogP contribution in [0.4, 0.5) is 11.6 Å². The van der Waals surface area contributed by atoms with Gasteiger partial charge in [0.25, 0.3) is 0 Å². The molecule has 3 aromatic heterocycles. The van der Waals surface area contributed by atoms with Crippen LogP contribution in [0.25, 0.3) is 70.2 Å². The maximum Gasteiger partial charge on any atom is 0.231 e. The molecule has 0 saturated heterocycles. The fourth-order valence-electron chi connectivity index (χ4n) is 9.24. The first-order valence-corrected chi connectivity index (χ1v) is 19.0. The van der Waals surface area contributed by atoms with Gasteiger partial charge in [0.15, 0.2) is 0 Å². The summed E-state index contributed by atoms with van der Waals surface area (Å²) in [6.07, 6.45) is 0. The van der Waals surface area contributed by atoms with Crippen molar-refractivity contribution < 1.29 is 0 Å². The lowest BCUT2D eigenvalue weighted by atomic mass is 9.75. The van der Waals surface area contributed by atoms with E-state index in [1.54, 1.807) is 11.3 Å². The molecule has 0 N–H and O–H groups in total. The summed E-state index contributed by atoms with van der Waals surface area (Å²) < 4.78 is 4.87. The van der Waals surface area contributed by atoms with Crippen LogP contribution < -0.4 is 4.90 Å². The fourth-order valence-corrected chi connectivity index (χ4v) is 10.4. The van der Waals surface area contributed by atoms with Gasteiger partial charge in [-0.3, -0.25) is 0 Å². The fraction of sp³-hybridized carbons (Fsp3) is 0.0417. The molecule has 0 bridgehead atoms. The number of hydrogen-bond donors (Lipinski definition) is 0. The van der Waals surface area contributed by atoms with Crippen LogP contribution >= 0.6 is 11.3 Å². The van der Waals surface area contributed by atoms with Gasteiger partial charge in [0.2, 0.25) is 5.95 Å². The Kier molecular flexibility index (Phi) is 6.02. The second-order valence-corrected chi connectivity index (χ2v) is 15.1. The average molecular weight is 695 g/mol. The molecule has 12 rings (SSSR count). The van der Waals surface area contributed by atoms with Gasteiger partial charge in [0, 0.05) is 49.3 Å². The number of hydrogen-bond acceptors (Lipinski definition) is 4. The Hall–Kier alpha value is -6.56. The molecule has 0 amide bonds. The molecule has 0 saturated carbocycles. The van der Waals surface area contributed by atoms with Crippen LogP contribution in [0.15, 0.2) is 170 Å². The third-order valence-electron chi connectivity index (χ3n) is 11.3. The van der Waals surface area contributed by atoms with E-state index in [1.165, 1.54) is 59.7 Å². The minimum atomic E-state index is -0.0524. The van der Waals surface area contributed by atoms with Crippen LogP contribution in [0, 0.1) is 0 Å². The van der Waals surface area contributed by atoms with Crippen molar-refractivity contribution in [3.63, 3.8) is 0 Å². The second-order valence-electron chi connectivity index (χ2n) is 14.1. The monoisotopic (exact) mass is 694 g/mol. The molecule has 2 unspecified atom stereocenters. The highest BCUT2D eigenvalue weighted by Crippen LogP contribution is 2.62. The number of fused-ring (bicyclic) bond motifs is 15. The molecule has 1 aliphatic heterocycles. The van der Waals surface area contributed by atoms with Gasteiger partial charge in [-0.1, -0.05) is 146 Å². The van der Waals surface area contributed by atoms with Gasteiger partial charge in [-0.15, -0.1) is 11.3 Å². The summed E-state index contributed by atoms with van der Waals surface area (Å²) in [5, 5.41) is 4.95. The van der Waals surface area contributed by atoms with Crippen molar-refractivity contribution in [1.29, 1.82) is 0 Å². The van der Waals surface area contributed by atoms with E-state index in [0.717, 1.165) is 38.8 Å². The topological polar surface area (TPSA) is 34.0 Å². The maximum absolute atomic E-state index is 5.54. The quantitative estimate of drug-likeness (QED) is 0.185. The predicted octanol–water partition coefficient (Wildman–Crippen LogP) is 12.6. The van der Waals surface area contributed by atoms with Gasteiger partial charge in [0.05, 0.1) is 33.2 Å². The maximum atomic E-state index is 5.54. The van der Waals surface area contributed by atoms with Gasteiger partial charge in [-0.2, -0.15) is 0 Å². The van der Waals surface area contributed by atoms with Crippen LogP contribution in [0.5, 0.6) is 0 Å². The molecule has 1 aliphatic carbocycles. The molecule has 2 atom stereocenters. The normalized spacial score (nSPS) is 15.9. The Morgan fingerprint density at radius 1 is 0.547 bits per heavy atom. The number of nitrogens with zero attached hydrogens (tertiary/aromatic N) is 4. The largest absolute Gasteiger partial charge is 0.308 e. The molecule has 7 aromatic carbocycles. The van der Waals surface area contributed by atoms with Crippen LogP contribution in [0.3, 0.4) is 0 Å². The second kappa shape index (κ2) is 11.0. The smallest absolute Gasteiger partial charge is 0.231 e. The number of rotatable bonds is 3. The lowest BCUT2D eigenvalue weighted by Gasteiger charge is -2.35.